The lowest BCUT2D eigenvalue weighted by Gasteiger charge is -2.20. The van der Waals surface area contributed by atoms with Gasteiger partial charge in [-0.2, -0.15) is 0 Å². The van der Waals surface area contributed by atoms with Gasteiger partial charge in [0.25, 0.3) is 5.91 Å². The number of aromatic nitrogens is 3. The maximum atomic E-state index is 13.0. The summed E-state index contributed by atoms with van der Waals surface area (Å²) in [5.41, 5.74) is 3.58. The van der Waals surface area contributed by atoms with Crippen molar-refractivity contribution in [3.63, 3.8) is 0 Å². The molecule has 120 valence electrons. The Hall–Kier alpha value is -3.08. The van der Waals surface area contributed by atoms with Crippen molar-refractivity contribution >= 4 is 22.5 Å². The van der Waals surface area contributed by atoms with Crippen LogP contribution in [-0.4, -0.2) is 31.7 Å². The summed E-state index contributed by atoms with van der Waals surface area (Å²) in [5.74, 6) is 0.0285. The summed E-state index contributed by atoms with van der Waals surface area (Å²) < 4.78 is 2.02. The number of hydrogen-bond acceptors (Lipinski definition) is 2. The van der Waals surface area contributed by atoms with Crippen LogP contribution >= 0.6 is 0 Å². The van der Waals surface area contributed by atoms with E-state index in [4.69, 9.17) is 0 Å². The van der Waals surface area contributed by atoms with Gasteiger partial charge in [0.05, 0.1) is 24.0 Å². The Kier molecular flexibility index (Phi) is 3.54. The minimum Gasteiger partial charge on any atom is -0.360 e. The molecule has 3 aromatic heterocycles. The third-order valence-corrected chi connectivity index (χ3v) is 4.34. The number of para-hydroxylation sites is 1. The largest absolute Gasteiger partial charge is 0.360 e. The maximum Gasteiger partial charge on any atom is 0.256 e. The molecule has 4 rings (SSSR count). The Labute approximate surface area is 139 Å². The van der Waals surface area contributed by atoms with E-state index in [0.29, 0.717) is 18.7 Å². The number of carbonyl (C=O) groups excluding carboxylic acids is 1. The Morgan fingerprint density at radius 2 is 2.04 bits per heavy atom. The van der Waals surface area contributed by atoms with Gasteiger partial charge >= 0.3 is 0 Å². The summed E-state index contributed by atoms with van der Waals surface area (Å²) in [5, 5.41) is 0.957. The molecule has 0 radical (unpaired) electrons. The first-order valence-corrected chi connectivity index (χ1v) is 8.04. The number of nitrogens with one attached hydrogen (secondary N) is 1. The highest BCUT2D eigenvalue weighted by atomic mass is 16.2. The molecule has 24 heavy (non-hydrogen) atoms. The monoisotopic (exact) mass is 318 g/mol. The molecule has 4 aromatic rings. The molecule has 1 aromatic carbocycles. The van der Waals surface area contributed by atoms with Gasteiger partial charge in [-0.05, 0) is 25.1 Å². The Balaban J connectivity index is 1.67. The molecule has 0 saturated carbocycles. The number of benzene rings is 1. The third kappa shape index (κ3) is 2.34. The van der Waals surface area contributed by atoms with Crippen LogP contribution in [0, 0.1) is 0 Å². The van der Waals surface area contributed by atoms with Gasteiger partial charge in [-0.15, -0.1) is 0 Å². The minimum atomic E-state index is 0.0285. The van der Waals surface area contributed by atoms with Gasteiger partial charge in [0.15, 0.2) is 0 Å². The minimum absolute atomic E-state index is 0.0285. The topological polar surface area (TPSA) is 53.4 Å². The molecule has 0 atom stereocenters. The van der Waals surface area contributed by atoms with Crippen LogP contribution in [0.1, 0.15) is 23.0 Å². The van der Waals surface area contributed by atoms with Crippen molar-refractivity contribution in [1.82, 2.24) is 19.3 Å². The van der Waals surface area contributed by atoms with Crippen LogP contribution in [0.2, 0.25) is 0 Å². The number of nitrogens with zero attached hydrogens (tertiary/aromatic N) is 3. The van der Waals surface area contributed by atoms with Crippen LogP contribution in [0.5, 0.6) is 0 Å². The molecule has 0 aliphatic carbocycles. The van der Waals surface area contributed by atoms with E-state index in [1.807, 2.05) is 71.1 Å². The number of H-pyrrole nitrogens is 1. The van der Waals surface area contributed by atoms with Crippen molar-refractivity contribution in [2.24, 2.45) is 0 Å². The fourth-order valence-electron chi connectivity index (χ4n) is 3.04. The van der Waals surface area contributed by atoms with E-state index in [0.717, 1.165) is 22.2 Å². The van der Waals surface area contributed by atoms with Crippen LogP contribution in [-0.2, 0) is 6.54 Å². The van der Waals surface area contributed by atoms with E-state index in [1.165, 1.54) is 0 Å². The van der Waals surface area contributed by atoms with Gasteiger partial charge in [-0.25, -0.2) is 4.98 Å². The average molecular weight is 318 g/mol. The van der Waals surface area contributed by atoms with E-state index in [-0.39, 0.29) is 5.91 Å². The second kappa shape index (κ2) is 5.85. The molecule has 1 N–H and O–H groups in total. The van der Waals surface area contributed by atoms with Crippen LogP contribution in [0.15, 0.2) is 61.1 Å². The van der Waals surface area contributed by atoms with E-state index < -0.39 is 0 Å². The molecule has 0 saturated heterocycles. The fourth-order valence-corrected chi connectivity index (χ4v) is 3.04. The second-order valence-electron chi connectivity index (χ2n) is 5.75. The maximum absolute atomic E-state index is 13.0. The average Bonchev–Trinajstić information content (AvgIpc) is 3.23. The number of imidazole rings is 1. The van der Waals surface area contributed by atoms with Crippen molar-refractivity contribution in [2.45, 2.75) is 13.5 Å². The quantitative estimate of drug-likeness (QED) is 0.626. The molecular formula is C19H18N4O. The summed E-state index contributed by atoms with van der Waals surface area (Å²) in [6.07, 6.45) is 5.60. The number of rotatable bonds is 4. The number of pyridine rings is 1. The molecule has 3 heterocycles. The summed E-state index contributed by atoms with van der Waals surface area (Å²) in [4.78, 5) is 22.4. The molecule has 0 bridgehead atoms. The lowest BCUT2D eigenvalue weighted by molar-refractivity contribution is 0.0752. The molecule has 0 unspecified atom stereocenters. The van der Waals surface area contributed by atoms with E-state index >= 15 is 0 Å². The highest BCUT2D eigenvalue weighted by Gasteiger charge is 2.19. The first-order valence-electron chi connectivity index (χ1n) is 8.04. The SMILES string of the molecule is CCN(Cc1cnc2ccccn12)C(=O)c1c[nH]c2ccccc12. The molecule has 0 aliphatic rings. The van der Waals surface area contributed by atoms with Crippen molar-refractivity contribution < 1.29 is 4.79 Å². The highest BCUT2D eigenvalue weighted by Crippen LogP contribution is 2.20. The van der Waals surface area contributed by atoms with Crippen LogP contribution in [0.4, 0.5) is 0 Å². The number of amides is 1. The van der Waals surface area contributed by atoms with Crippen molar-refractivity contribution in [1.29, 1.82) is 0 Å². The molecule has 0 aliphatic heterocycles. The predicted octanol–water partition coefficient (Wildman–Crippen LogP) is 3.48. The molecule has 1 amide bonds. The molecule has 0 spiro atoms. The second-order valence-corrected chi connectivity index (χ2v) is 5.75. The van der Waals surface area contributed by atoms with Gasteiger partial charge in [0.1, 0.15) is 5.65 Å². The van der Waals surface area contributed by atoms with E-state index in [9.17, 15) is 4.79 Å². The number of aromatic amines is 1. The normalized spacial score (nSPS) is 11.2. The number of fused-ring (bicyclic) bond motifs is 2. The van der Waals surface area contributed by atoms with E-state index in [1.54, 1.807) is 6.20 Å². The van der Waals surface area contributed by atoms with Gasteiger partial charge in [-0.1, -0.05) is 24.3 Å². The van der Waals surface area contributed by atoms with Gasteiger partial charge < -0.3 is 14.3 Å². The summed E-state index contributed by atoms with van der Waals surface area (Å²) in [6, 6.07) is 13.8. The van der Waals surface area contributed by atoms with Crippen LogP contribution in [0.3, 0.4) is 0 Å². The Morgan fingerprint density at radius 1 is 1.21 bits per heavy atom. The lowest BCUT2D eigenvalue weighted by Crippen LogP contribution is -2.30. The van der Waals surface area contributed by atoms with Crippen LogP contribution in [0.25, 0.3) is 16.6 Å². The van der Waals surface area contributed by atoms with Crippen molar-refractivity contribution in [3.05, 3.63) is 72.3 Å². The fraction of sp³-hybridized carbons (Fsp3) is 0.158. The molecule has 5 nitrogen and oxygen atoms in total. The summed E-state index contributed by atoms with van der Waals surface area (Å²) >= 11 is 0. The zero-order chi connectivity index (χ0) is 16.5. The third-order valence-electron chi connectivity index (χ3n) is 4.34. The predicted molar refractivity (Wildman–Crippen MR) is 93.9 cm³/mol. The van der Waals surface area contributed by atoms with Crippen molar-refractivity contribution in [3.8, 4) is 0 Å². The number of hydrogen-bond donors (Lipinski definition) is 1. The van der Waals surface area contributed by atoms with Gasteiger partial charge in [0, 0.05) is 29.8 Å². The summed E-state index contributed by atoms with van der Waals surface area (Å²) in [7, 11) is 0. The lowest BCUT2D eigenvalue weighted by atomic mass is 10.1. The zero-order valence-corrected chi connectivity index (χ0v) is 13.4. The highest BCUT2D eigenvalue weighted by molar-refractivity contribution is 6.06. The molecule has 0 fully saturated rings. The Morgan fingerprint density at radius 3 is 2.92 bits per heavy atom. The van der Waals surface area contributed by atoms with Crippen molar-refractivity contribution in [2.75, 3.05) is 6.54 Å². The summed E-state index contributed by atoms with van der Waals surface area (Å²) in [6.45, 7) is 3.16. The number of carbonyl (C=O) groups is 1. The zero-order valence-electron chi connectivity index (χ0n) is 13.4. The first-order chi connectivity index (χ1) is 11.8. The smallest absolute Gasteiger partial charge is 0.256 e. The van der Waals surface area contributed by atoms with Crippen LogP contribution < -0.4 is 0 Å². The van der Waals surface area contributed by atoms with Gasteiger partial charge in [-0.3, -0.25) is 4.79 Å². The Bertz CT molecular complexity index is 1010. The first kappa shape index (κ1) is 14.5. The van der Waals surface area contributed by atoms with E-state index in [2.05, 4.69) is 9.97 Å². The molecule has 5 heteroatoms. The molecular weight excluding hydrogens is 300 g/mol. The van der Waals surface area contributed by atoms with Gasteiger partial charge in [0.2, 0.25) is 0 Å². The standard InChI is InChI=1S/C19H18N4O/c1-2-22(13-14-11-21-18-9-5-6-10-23(14)18)19(24)16-12-20-17-8-4-3-7-15(16)17/h3-12,20H,2,13H2,1H3.